The molecule has 9 heteroatoms. The first-order valence-electron chi connectivity index (χ1n) is 10.7. The van der Waals surface area contributed by atoms with E-state index in [2.05, 4.69) is 0 Å². The molecule has 2 amide bonds. The number of nitrogens with zero attached hydrogens (tertiary/aromatic N) is 3. The monoisotopic (exact) mass is 469 g/mol. The van der Waals surface area contributed by atoms with E-state index in [1.807, 2.05) is 30.3 Å². The minimum Gasteiger partial charge on any atom is -0.335 e. The van der Waals surface area contributed by atoms with E-state index in [9.17, 15) is 27.6 Å². The molecule has 1 aliphatic heterocycles. The van der Waals surface area contributed by atoms with E-state index in [1.54, 1.807) is 12.3 Å². The first-order valence-corrected chi connectivity index (χ1v) is 10.7. The maximum Gasteiger partial charge on any atom is 0.416 e. The van der Waals surface area contributed by atoms with Gasteiger partial charge in [-0.3, -0.25) is 14.4 Å². The van der Waals surface area contributed by atoms with Crippen molar-refractivity contribution in [2.45, 2.75) is 12.7 Å². The molecular weight excluding hydrogens is 447 g/mol. The summed E-state index contributed by atoms with van der Waals surface area (Å²) in [5.74, 6) is -0.957. The second-order valence-electron chi connectivity index (χ2n) is 8.00. The lowest BCUT2D eigenvalue weighted by atomic mass is 10.1. The molecule has 3 aromatic rings. The molecule has 0 spiro atoms. The summed E-state index contributed by atoms with van der Waals surface area (Å²) in [7, 11) is 0. The Hall–Kier alpha value is -3.88. The Morgan fingerprint density at radius 2 is 1.44 bits per heavy atom. The third-order valence-electron chi connectivity index (χ3n) is 5.74. The summed E-state index contributed by atoms with van der Waals surface area (Å²) in [6.45, 7) is 1.00. The summed E-state index contributed by atoms with van der Waals surface area (Å²) in [4.78, 5) is 41.5. The average molecular weight is 469 g/mol. The highest BCUT2D eigenvalue weighted by atomic mass is 19.4. The van der Waals surface area contributed by atoms with Crippen molar-refractivity contribution in [3.8, 4) is 0 Å². The Morgan fingerprint density at radius 1 is 0.794 bits per heavy atom. The SMILES string of the molecule is O=C(c1cccc(C(F)(F)F)c1)N1CCN(C(=O)c2cccn(Cc3ccccc3)c2=O)CC1. The highest BCUT2D eigenvalue weighted by Crippen LogP contribution is 2.29. The van der Waals surface area contributed by atoms with Gasteiger partial charge in [-0.1, -0.05) is 36.4 Å². The van der Waals surface area contributed by atoms with Gasteiger partial charge in [0, 0.05) is 37.9 Å². The van der Waals surface area contributed by atoms with Gasteiger partial charge in [0.05, 0.1) is 12.1 Å². The molecule has 0 atom stereocenters. The number of aromatic nitrogens is 1. The Labute approximate surface area is 193 Å². The predicted octanol–water partition coefficient (Wildman–Crippen LogP) is 3.51. The molecule has 6 nitrogen and oxygen atoms in total. The van der Waals surface area contributed by atoms with Crippen molar-refractivity contribution in [2.24, 2.45) is 0 Å². The van der Waals surface area contributed by atoms with Gasteiger partial charge in [-0.25, -0.2) is 0 Å². The van der Waals surface area contributed by atoms with Gasteiger partial charge in [-0.15, -0.1) is 0 Å². The quantitative estimate of drug-likeness (QED) is 0.588. The Kier molecular flexibility index (Phi) is 6.54. The molecule has 34 heavy (non-hydrogen) atoms. The number of hydrogen-bond donors (Lipinski definition) is 0. The van der Waals surface area contributed by atoms with Gasteiger partial charge in [0.25, 0.3) is 17.4 Å². The highest BCUT2D eigenvalue weighted by Gasteiger charge is 2.32. The molecule has 1 saturated heterocycles. The second kappa shape index (κ2) is 9.54. The van der Waals surface area contributed by atoms with Crippen LogP contribution in [0.25, 0.3) is 0 Å². The van der Waals surface area contributed by atoms with Crippen LogP contribution in [0.3, 0.4) is 0 Å². The van der Waals surface area contributed by atoms with Crippen LogP contribution in [-0.4, -0.2) is 52.4 Å². The minimum atomic E-state index is -4.54. The summed E-state index contributed by atoms with van der Waals surface area (Å²) in [6, 6.07) is 16.8. The molecule has 1 aliphatic rings. The average Bonchev–Trinajstić information content (AvgIpc) is 2.85. The lowest BCUT2D eigenvalue weighted by Crippen LogP contribution is -2.51. The number of carbonyl (C=O) groups is 2. The summed E-state index contributed by atoms with van der Waals surface area (Å²) in [5.41, 5.74) is -0.379. The summed E-state index contributed by atoms with van der Waals surface area (Å²) in [5, 5.41) is 0. The smallest absolute Gasteiger partial charge is 0.335 e. The standard InChI is InChI=1S/C25H22F3N3O3/c26-25(27,28)20-9-4-8-19(16-20)22(32)29-12-14-30(15-13-29)23(33)21-10-5-11-31(24(21)34)17-18-6-2-1-3-7-18/h1-11,16H,12-15,17H2. The second-order valence-corrected chi connectivity index (χ2v) is 8.00. The van der Waals surface area contributed by atoms with Crippen LogP contribution in [0.5, 0.6) is 0 Å². The summed E-state index contributed by atoms with van der Waals surface area (Å²) < 4.78 is 40.4. The zero-order valence-corrected chi connectivity index (χ0v) is 18.2. The molecule has 2 aromatic carbocycles. The van der Waals surface area contributed by atoms with Crippen LogP contribution in [0, 0.1) is 0 Å². The zero-order valence-electron chi connectivity index (χ0n) is 18.2. The number of amides is 2. The molecule has 0 bridgehead atoms. The Bertz CT molecular complexity index is 1250. The van der Waals surface area contributed by atoms with Gasteiger partial charge in [0.15, 0.2) is 0 Å². The molecule has 2 heterocycles. The molecule has 0 aliphatic carbocycles. The molecule has 1 aromatic heterocycles. The van der Waals surface area contributed by atoms with Crippen LogP contribution in [0.1, 0.15) is 31.8 Å². The van der Waals surface area contributed by atoms with Crippen LogP contribution in [0.15, 0.2) is 77.7 Å². The van der Waals surface area contributed by atoms with E-state index in [1.165, 1.54) is 32.6 Å². The van der Waals surface area contributed by atoms with Crippen LogP contribution in [-0.2, 0) is 12.7 Å². The molecule has 0 N–H and O–H groups in total. The van der Waals surface area contributed by atoms with E-state index in [0.717, 1.165) is 17.7 Å². The van der Waals surface area contributed by atoms with Crippen molar-refractivity contribution in [3.63, 3.8) is 0 Å². The molecular formula is C25H22F3N3O3. The molecule has 4 rings (SSSR count). The fourth-order valence-electron chi connectivity index (χ4n) is 3.90. The number of alkyl halides is 3. The van der Waals surface area contributed by atoms with Crippen molar-refractivity contribution in [1.29, 1.82) is 0 Å². The van der Waals surface area contributed by atoms with Gasteiger partial charge in [-0.2, -0.15) is 13.2 Å². The number of pyridine rings is 1. The van der Waals surface area contributed by atoms with Crippen LogP contribution in [0.2, 0.25) is 0 Å². The summed E-state index contributed by atoms with van der Waals surface area (Å²) >= 11 is 0. The van der Waals surface area contributed by atoms with Gasteiger partial charge in [0.1, 0.15) is 5.56 Å². The topological polar surface area (TPSA) is 62.6 Å². The summed E-state index contributed by atoms with van der Waals surface area (Å²) in [6.07, 6.45) is -2.91. The third kappa shape index (κ3) is 5.03. The highest BCUT2D eigenvalue weighted by molar-refractivity contribution is 5.96. The normalized spacial score (nSPS) is 14.2. The van der Waals surface area contributed by atoms with E-state index < -0.39 is 29.1 Å². The maximum absolute atomic E-state index is 13.0. The Morgan fingerprint density at radius 3 is 2.09 bits per heavy atom. The van der Waals surface area contributed by atoms with E-state index >= 15 is 0 Å². The number of benzene rings is 2. The van der Waals surface area contributed by atoms with Crippen molar-refractivity contribution in [3.05, 3.63) is 106 Å². The predicted molar refractivity (Wildman–Crippen MR) is 119 cm³/mol. The van der Waals surface area contributed by atoms with E-state index in [4.69, 9.17) is 0 Å². The lowest BCUT2D eigenvalue weighted by molar-refractivity contribution is -0.137. The van der Waals surface area contributed by atoms with Crippen LogP contribution < -0.4 is 5.56 Å². The fourth-order valence-corrected chi connectivity index (χ4v) is 3.90. The zero-order chi connectivity index (χ0) is 24.3. The molecule has 1 fully saturated rings. The van der Waals surface area contributed by atoms with Crippen molar-refractivity contribution < 1.29 is 22.8 Å². The Balaban J connectivity index is 1.43. The first-order chi connectivity index (χ1) is 16.2. The molecule has 0 saturated carbocycles. The van der Waals surface area contributed by atoms with E-state index in [-0.39, 0.29) is 37.3 Å². The number of hydrogen-bond acceptors (Lipinski definition) is 3. The van der Waals surface area contributed by atoms with Gasteiger partial charge >= 0.3 is 6.18 Å². The molecule has 176 valence electrons. The lowest BCUT2D eigenvalue weighted by Gasteiger charge is -2.34. The largest absolute Gasteiger partial charge is 0.416 e. The van der Waals surface area contributed by atoms with Crippen molar-refractivity contribution in [1.82, 2.24) is 14.4 Å². The van der Waals surface area contributed by atoms with Crippen LogP contribution >= 0.6 is 0 Å². The van der Waals surface area contributed by atoms with E-state index in [0.29, 0.717) is 6.54 Å². The maximum atomic E-state index is 13.0. The molecule has 0 unspecified atom stereocenters. The number of rotatable bonds is 4. The van der Waals surface area contributed by atoms with Gasteiger partial charge < -0.3 is 14.4 Å². The number of halogens is 3. The fraction of sp³-hybridized carbons (Fsp3) is 0.240. The van der Waals surface area contributed by atoms with Crippen LogP contribution in [0.4, 0.5) is 13.2 Å². The van der Waals surface area contributed by atoms with Gasteiger partial charge in [0.2, 0.25) is 0 Å². The van der Waals surface area contributed by atoms with Gasteiger partial charge in [-0.05, 0) is 35.9 Å². The third-order valence-corrected chi connectivity index (χ3v) is 5.74. The minimum absolute atomic E-state index is 0.0380. The first kappa shape index (κ1) is 23.3. The number of piperazine rings is 1. The van der Waals surface area contributed by atoms with Crippen molar-refractivity contribution >= 4 is 11.8 Å². The molecule has 0 radical (unpaired) electrons. The number of carbonyl (C=O) groups excluding carboxylic acids is 2. The van der Waals surface area contributed by atoms with Crippen molar-refractivity contribution in [2.75, 3.05) is 26.2 Å².